The molecule has 1 atom stereocenters. The lowest BCUT2D eigenvalue weighted by Crippen LogP contribution is -2.31. The summed E-state index contributed by atoms with van der Waals surface area (Å²) in [6.45, 7) is 1.60. The van der Waals surface area contributed by atoms with Crippen molar-refractivity contribution in [3.05, 3.63) is 29.8 Å². The highest BCUT2D eigenvalue weighted by Gasteiger charge is 2.39. The van der Waals surface area contributed by atoms with Crippen molar-refractivity contribution in [3.63, 3.8) is 0 Å². The summed E-state index contributed by atoms with van der Waals surface area (Å²) in [6, 6.07) is 6.28. The van der Waals surface area contributed by atoms with Crippen molar-refractivity contribution in [2.24, 2.45) is 0 Å². The van der Waals surface area contributed by atoms with Crippen LogP contribution in [-0.2, 0) is 15.2 Å². The van der Waals surface area contributed by atoms with Crippen LogP contribution in [0.1, 0.15) is 18.9 Å². The SMILES string of the molecule is CCC(F)(C(=O)OC)c1ccc(OC)cc1. The predicted octanol–water partition coefficient (Wildman–Crippen LogP) is 2.44. The zero-order valence-electron chi connectivity index (χ0n) is 9.62. The molecule has 0 radical (unpaired) electrons. The molecular formula is C12H15FO3. The smallest absolute Gasteiger partial charge is 0.348 e. The van der Waals surface area contributed by atoms with Crippen LogP contribution in [0.3, 0.4) is 0 Å². The van der Waals surface area contributed by atoms with Crippen LogP contribution >= 0.6 is 0 Å². The van der Waals surface area contributed by atoms with Crippen LogP contribution in [-0.4, -0.2) is 20.2 Å². The fourth-order valence-corrected chi connectivity index (χ4v) is 1.48. The standard InChI is InChI=1S/C12H15FO3/c1-4-12(13,11(14)16-3)9-5-7-10(15-2)8-6-9/h5-8H,4H2,1-3H3. The first-order valence-corrected chi connectivity index (χ1v) is 5.00. The normalized spacial score (nSPS) is 14.0. The number of carbonyl (C=O) groups is 1. The van der Waals surface area contributed by atoms with Gasteiger partial charge in [-0.1, -0.05) is 19.1 Å². The highest BCUT2D eigenvalue weighted by atomic mass is 19.1. The molecule has 0 aliphatic heterocycles. The molecule has 0 saturated heterocycles. The monoisotopic (exact) mass is 226 g/mol. The van der Waals surface area contributed by atoms with Gasteiger partial charge in [0, 0.05) is 5.56 Å². The molecule has 0 amide bonds. The third-order valence-electron chi connectivity index (χ3n) is 2.54. The Morgan fingerprint density at radius 2 is 1.88 bits per heavy atom. The highest BCUT2D eigenvalue weighted by Crippen LogP contribution is 2.32. The lowest BCUT2D eigenvalue weighted by molar-refractivity contribution is -0.155. The zero-order chi connectivity index (χ0) is 12.2. The van der Waals surface area contributed by atoms with E-state index in [2.05, 4.69) is 4.74 Å². The van der Waals surface area contributed by atoms with Crippen molar-refractivity contribution < 1.29 is 18.7 Å². The molecule has 4 heteroatoms. The Morgan fingerprint density at radius 1 is 1.31 bits per heavy atom. The number of carbonyl (C=O) groups excluding carboxylic acids is 1. The van der Waals surface area contributed by atoms with Crippen molar-refractivity contribution in [3.8, 4) is 5.75 Å². The molecule has 0 aliphatic carbocycles. The van der Waals surface area contributed by atoms with E-state index in [9.17, 15) is 9.18 Å². The minimum Gasteiger partial charge on any atom is -0.497 e. The number of alkyl halides is 1. The number of rotatable bonds is 4. The molecule has 1 rings (SSSR count). The van der Waals surface area contributed by atoms with E-state index in [4.69, 9.17) is 4.74 Å². The summed E-state index contributed by atoms with van der Waals surface area (Å²) in [5.41, 5.74) is -1.80. The van der Waals surface area contributed by atoms with E-state index >= 15 is 0 Å². The van der Waals surface area contributed by atoms with Gasteiger partial charge >= 0.3 is 5.97 Å². The lowest BCUT2D eigenvalue weighted by atomic mass is 9.93. The van der Waals surface area contributed by atoms with E-state index in [0.717, 1.165) is 0 Å². The summed E-state index contributed by atoms with van der Waals surface area (Å²) < 4.78 is 23.8. The third-order valence-corrected chi connectivity index (χ3v) is 2.54. The molecule has 16 heavy (non-hydrogen) atoms. The quantitative estimate of drug-likeness (QED) is 0.740. The van der Waals surface area contributed by atoms with Crippen molar-refractivity contribution in [2.45, 2.75) is 19.0 Å². The van der Waals surface area contributed by atoms with Gasteiger partial charge in [-0.05, 0) is 18.6 Å². The molecule has 0 saturated carbocycles. The first-order chi connectivity index (χ1) is 7.58. The molecular weight excluding hydrogens is 211 g/mol. The van der Waals surface area contributed by atoms with Gasteiger partial charge < -0.3 is 9.47 Å². The van der Waals surface area contributed by atoms with Crippen molar-refractivity contribution in [2.75, 3.05) is 14.2 Å². The van der Waals surface area contributed by atoms with Gasteiger partial charge in [-0.3, -0.25) is 0 Å². The van der Waals surface area contributed by atoms with E-state index in [1.807, 2.05) is 0 Å². The average Bonchev–Trinajstić information content (AvgIpc) is 2.36. The Hall–Kier alpha value is -1.58. The first kappa shape index (κ1) is 12.5. The average molecular weight is 226 g/mol. The van der Waals surface area contributed by atoms with E-state index in [1.165, 1.54) is 26.4 Å². The molecule has 0 heterocycles. The number of benzene rings is 1. The number of hydrogen-bond donors (Lipinski definition) is 0. The molecule has 1 unspecified atom stereocenters. The van der Waals surface area contributed by atoms with Crippen LogP contribution in [0.4, 0.5) is 4.39 Å². The zero-order valence-corrected chi connectivity index (χ0v) is 9.62. The third kappa shape index (κ3) is 2.15. The molecule has 88 valence electrons. The molecule has 0 bridgehead atoms. The Morgan fingerprint density at radius 3 is 2.25 bits per heavy atom. The minimum atomic E-state index is -2.08. The first-order valence-electron chi connectivity index (χ1n) is 5.00. The Balaban J connectivity index is 3.07. The topological polar surface area (TPSA) is 35.5 Å². The van der Waals surface area contributed by atoms with Crippen molar-refractivity contribution >= 4 is 5.97 Å². The highest BCUT2D eigenvalue weighted by molar-refractivity contribution is 5.81. The van der Waals surface area contributed by atoms with E-state index < -0.39 is 11.6 Å². The maximum atomic E-state index is 14.4. The van der Waals surface area contributed by atoms with E-state index in [0.29, 0.717) is 5.75 Å². The van der Waals surface area contributed by atoms with Crippen LogP contribution in [0.15, 0.2) is 24.3 Å². The Kier molecular flexibility index (Phi) is 3.88. The number of halogens is 1. The summed E-state index contributed by atoms with van der Waals surface area (Å²) in [6.07, 6.45) is 0.0337. The predicted molar refractivity (Wildman–Crippen MR) is 58.1 cm³/mol. The summed E-state index contributed by atoms with van der Waals surface area (Å²) in [4.78, 5) is 11.4. The van der Waals surface area contributed by atoms with Crippen LogP contribution in [0.25, 0.3) is 0 Å². The van der Waals surface area contributed by atoms with Gasteiger partial charge in [0.1, 0.15) is 5.75 Å². The largest absolute Gasteiger partial charge is 0.497 e. The van der Waals surface area contributed by atoms with Crippen LogP contribution < -0.4 is 4.74 Å². The van der Waals surface area contributed by atoms with Gasteiger partial charge in [-0.2, -0.15) is 0 Å². The molecule has 0 spiro atoms. The van der Waals surface area contributed by atoms with Gasteiger partial charge in [0.2, 0.25) is 5.67 Å². The maximum absolute atomic E-state index is 14.4. The second kappa shape index (κ2) is 4.96. The van der Waals surface area contributed by atoms with Gasteiger partial charge in [0.05, 0.1) is 14.2 Å². The molecule has 0 aromatic heterocycles. The lowest BCUT2D eigenvalue weighted by Gasteiger charge is -2.21. The van der Waals surface area contributed by atoms with E-state index in [1.54, 1.807) is 19.1 Å². The molecule has 0 N–H and O–H groups in total. The van der Waals surface area contributed by atoms with Gasteiger partial charge in [0.15, 0.2) is 0 Å². The molecule has 1 aromatic rings. The molecule has 1 aromatic carbocycles. The summed E-state index contributed by atoms with van der Waals surface area (Å²) in [5.74, 6) is -0.257. The van der Waals surface area contributed by atoms with Gasteiger partial charge in [-0.15, -0.1) is 0 Å². The summed E-state index contributed by atoms with van der Waals surface area (Å²) >= 11 is 0. The molecule has 3 nitrogen and oxygen atoms in total. The Bertz CT molecular complexity index is 361. The fraction of sp³-hybridized carbons (Fsp3) is 0.417. The fourth-order valence-electron chi connectivity index (χ4n) is 1.48. The van der Waals surface area contributed by atoms with Crippen molar-refractivity contribution in [1.29, 1.82) is 0 Å². The van der Waals surface area contributed by atoms with E-state index in [-0.39, 0.29) is 12.0 Å². The van der Waals surface area contributed by atoms with Crippen LogP contribution in [0, 0.1) is 0 Å². The number of methoxy groups -OCH3 is 2. The molecule has 0 aliphatic rings. The number of esters is 1. The summed E-state index contributed by atoms with van der Waals surface area (Å²) in [7, 11) is 2.70. The second-order valence-corrected chi connectivity index (χ2v) is 3.37. The van der Waals surface area contributed by atoms with Crippen LogP contribution in [0.5, 0.6) is 5.75 Å². The molecule has 0 fully saturated rings. The summed E-state index contributed by atoms with van der Waals surface area (Å²) in [5, 5.41) is 0. The number of hydrogen-bond acceptors (Lipinski definition) is 3. The van der Waals surface area contributed by atoms with Crippen molar-refractivity contribution in [1.82, 2.24) is 0 Å². The van der Waals surface area contributed by atoms with Crippen LogP contribution in [0.2, 0.25) is 0 Å². The minimum absolute atomic E-state index is 0.0337. The van der Waals surface area contributed by atoms with Gasteiger partial charge in [0.25, 0.3) is 0 Å². The maximum Gasteiger partial charge on any atom is 0.348 e. The second-order valence-electron chi connectivity index (χ2n) is 3.37. The number of ether oxygens (including phenoxy) is 2. The Labute approximate surface area is 94.2 Å². The van der Waals surface area contributed by atoms with Gasteiger partial charge in [-0.25, -0.2) is 9.18 Å².